The summed E-state index contributed by atoms with van der Waals surface area (Å²) in [6.07, 6.45) is 2.30. The smallest absolute Gasteiger partial charge is 0.306 e. The van der Waals surface area contributed by atoms with Crippen molar-refractivity contribution >= 4 is 22.8 Å². The highest BCUT2D eigenvalue weighted by atomic mass is 16.4. The molecule has 94 valence electrons. The van der Waals surface area contributed by atoms with Gasteiger partial charge in [0.15, 0.2) is 0 Å². The summed E-state index contributed by atoms with van der Waals surface area (Å²) < 4.78 is 0. The van der Waals surface area contributed by atoms with Gasteiger partial charge in [-0.05, 0) is 12.5 Å². The molecule has 0 aliphatic heterocycles. The number of aliphatic carboxylic acids is 1. The van der Waals surface area contributed by atoms with E-state index in [1.165, 1.54) is 0 Å². The third-order valence-electron chi connectivity index (χ3n) is 2.77. The fourth-order valence-corrected chi connectivity index (χ4v) is 1.58. The van der Waals surface area contributed by atoms with Crippen LogP contribution in [0.4, 0.5) is 5.95 Å². The van der Waals surface area contributed by atoms with Crippen molar-refractivity contribution in [2.75, 3.05) is 11.9 Å². The summed E-state index contributed by atoms with van der Waals surface area (Å²) in [4.78, 5) is 19.2. The summed E-state index contributed by atoms with van der Waals surface area (Å²) in [6, 6.07) is 7.73. The number of hydrogen-bond acceptors (Lipinski definition) is 4. The van der Waals surface area contributed by atoms with Crippen molar-refractivity contribution in [3.05, 3.63) is 30.5 Å². The highest BCUT2D eigenvalue weighted by Gasteiger charge is 2.10. The second kappa shape index (κ2) is 5.44. The van der Waals surface area contributed by atoms with E-state index >= 15 is 0 Å². The maximum Gasteiger partial charge on any atom is 0.306 e. The Labute approximate surface area is 105 Å². The van der Waals surface area contributed by atoms with Gasteiger partial charge in [0.2, 0.25) is 5.95 Å². The van der Waals surface area contributed by atoms with Crippen molar-refractivity contribution < 1.29 is 9.90 Å². The minimum atomic E-state index is -0.781. The first-order chi connectivity index (χ1) is 8.66. The molecule has 1 atom stereocenters. The van der Waals surface area contributed by atoms with Gasteiger partial charge in [-0.25, -0.2) is 9.97 Å². The number of carboxylic acid groups (broad SMARTS) is 1. The van der Waals surface area contributed by atoms with Gasteiger partial charge in [0.1, 0.15) is 0 Å². The second-order valence-corrected chi connectivity index (χ2v) is 4.21. The molecule has 5 nitrogen and oxygen atoms in total. The van der Waals surface area contributed by atoms with Gasteiger partial charge < -0.3 is 10.4 Å². The lowest BCUT2D eigenvalue weighted by molar-refractivity contribution is -0.141. The lowest BCUT2D eigenvalue weighted by atomic mass is 10.1. The third kappa shape index (κ3) is 2.94. The molecule has 0 saturated carbocycles. The van der Waals surface area contributed by atoms with E-state index in [2.05, 4.69) is 15.3 Å². The number of nitrogens with one attached hydrogen (secondary N) is 1. The molecule has 18 heavy (non-hydrogen) atoms. The fraction of sp³-hybridized carbons (Fsp3) is 0.308. The summed E-state index contributed by atoms with van der Waals surface area (Å²) in [5, 5.41) is 12.8. The Kier molecular flexibility index (Phi) is 3.72. The van der Waals surface area contributed by atoms with E-state index in [0.717, 1.165) is 10.9 Å². The molecule has 5 heteroatoms. The van der Waals surface area contributed by atoms with Crippen LogP contribution in [0.3, 0.4) is 0 Å². The molecule has 0 amide bonds. The van der Waals surface area contributed by atoms with Crippen LogP contribution in [0.15, 0.2) is 30.5 Å². The van der Waals surface area contributed by atoms with Crippen molar-refractivity contribution in [2.24, 2.45) is 5.92 Å². The van der Waals surface area contributed by atoms with Crippen LogP contribution in [0, 0.1) is 5.92 Å². The Morgan fingerprint density at radius 2 is 2.22 bits per heavy atom. The number of fused-ring (bicyclic) bond motifs is 1. The molecule has 1 unspecified atom stereocenters. The Morgan fingerprint density at radius 1 is 1.44 bits per heavy atom. The second-order valence-electron chi connectivity index (χ2n) is 4.21. The van der Waals surface area contributed by atoms with Crippen LogP contribution < -0.4 is 5.32 Å². The zero-order valence-corrected chi connectivity index (χ0v) is 10.1. The van der Waals surface area contributed by atoms with Gasteiger partial charge in [0.05, 0.1) is 11.4 Å². The Bertz CT molecular complexity index is 557. The van der Waals surface area contributed by atoms with Gasteiger partial charge in [-0.1, -0.05) is 25.1 Å². The Morgan fingerprint density at radius 3 is 3.00 bits per heavy atom. The number of anilines is 1. The normalized spacial score (nSPS) is 12.3. The van der Waals surface area contributed by atoms with E-state index in [-0.39, 0.29) is 5.92 Å². The monoisotopic (exact) mass is 245 g/mol. The standard InChI is InChI=1S/C13H15N3O2/c1-9(12(17)18)6-7-14-13-15-8-10-4-2-3-5-11(10)16-13/h2-5,8-9H,6-7H2,1H3,(H,17,18)(H,14,15,16). The molecular weight excluding hydrogens is 230 g/mol. The molecule has 1 aromatic heterocycles. The predicted molar refractivity (Wildman–Crippen MR) is 69.4 cm³/mol. The molecule has 0 aliphatic carbocycles. The van der Waals surface area contributed by atoms with E-state index in [0.29, 0.717) is 18.9 Å². The van der Waals surface area contributed by atoms with Crippen molar-refractivity contribution in [1.82, 2.24) is 9.97 Å². The summed E-state index contributed by atoms with van der Waals surface area (Å²) in [5.41, 5.74) is 0.876. The van der Waals surface area contributed by atoms with Crippen LogP contribution in [0.1, 0.15) is 13.3 Å². The van der Waals surface area contributed by atoms with Crippen LogP contribution >= 0.6 is 0 Å². The van der Waals surface area contributed by atoms with E-state index in [9.17, 15) is 4.79 Å². The number of carboxylic acids is 1. The number of rotatable bonds is 5. The third-order valence-corrected chi connectivity index (χ3v) is 2.77. The first kappa shape index (κ1) is 12.3. The Hall–Kier alpha value is -2.17. The molecule has 1 heterocycles. The van der Waals surface area contributed by atoms with Gasteiger partial charge in [-0.3, -0.25) is 4.79 Å². The number of carbonyl (C=O) groups is 1. The van der Waals surface area contributed by atoms with E-state index < -0.39 is 5.97 Å². The molecule has 1 aromatic carbocycles. The Balaban J connectivity index is 1.98. The van der Waals surface area contributed by atoms with Gasteiger partial charge in [-0.2, -0.15) is 0 Å². The van der Waals surface area contributed by atoms with Gasteiger partial charge >= 0.3 is 5.97 Å². The molecule has 2 N–H and O–H groups in total. The van der Waals surface area contributed by atoms with Crippen molar-refractivity contribution in [3.63, 3.8) is 0 Å². The maximum absolute atomic E-state index is 10.7. The molecule has 0 spiro atoms. The number of para-hydroxylation sites is 1. The lowest BCUT2D eigenvalue weighted by Gasteiger charge is -2.07. The molecule has 0 saturated heterocycles. The average molecular weight is 245 g/mol. The van der Waals surface area contributed by atoms with Crippen molar-refractivity contribution in [3.8, 4) is 0 Å². The minimum Gasteiger partial charge on any atom is -0.481 e. The molecule has 0 fully saturated rings. The fourth-order valence-electron chi connectivity index (χ4n) is 1.58. The highest BCUT2D eigenvalue weighted by Crippen LogP contribution is 2.12. The summed E-state index contributed by atoms with van der Waals surface area (Å²) in [7, 11) is 0. The summed E-state index contributed by atoms with van der Waals surface area (Å²) in [6.45, 7) is 2.23. The van der Waals surface area contributed by atoms with Gasteiger partial charge in [-0.15, -0.1) is 0 Å². The van der Waals surface area contributed by atoms with Crippen molar-refractivity contribution in [2.45, 2.75) is 13.3 Å². The van der Waals surface area contributed by atoms with E-state index in [1.54, 1.807) is 13.1 Å². The maximum atomic E-state index is 10.7. The largest absolute Gasteiger partial charge is 0.481 e. The molecule has 2 rings (SSSR count). The first-order valence-corrected chi connectivity index (χ1v) is 5.85. The topological polar surface area (TPSA) is 75.1 Å². The quantitative estimate of drug-likeness (QED) is 0.844. The lowest BCUT2D eigenvalue weighted by Crippen LogP contribution is -2.15. The zero-order valence-electron chi connectivity index (χ0n) is 10.1. The van der Waals surface area contributed by atoms with Crippen LogP contribution in [-0.4, -0.2) is 27.6 Å². The van der Waals surface area contributed by atoms with Gasteiger partial charge in [0.25, 0.3) is 0 Å². The zero-order chi connectivity index (χ0) is 13.0. The number of nitrogens with zero attached hydrogens (tertiary/aromatic N) is 2. The van der Waals surface area contributed by atoms with E-state index in [4.69, 9.17) is 5.11 Å². The number of hydrogen-bond donors (Lipinski definition) is 2. The van der Waals surface area contributed by atoms with Crippen LogP contribution in [0.2, 0.25) is 0 Å². The van der Waals surface area contributed by atoms with Crippen LogP contribution in [-0.2, 0) is 4.79 Å². The summed E-state index contributed by atoms with van der Waals surface area (Å²) >= 11 is 0. The highest BCUT2D eigenvalue weighted by molar-refractivity contribution is 5.78. The number of benzene rings is 1. The van der Waals surface area contributed by atoms with Crippen LogP contribution in [0.25, 0.3) is 10.9 Å². The molecule has 2 aromatic rings. The molecule has 0 aliphatic rings. The predicted octanol–water partition coefficient (Wildman–Crippen LogP) is 2.15. The average Bonchev–Trinajstić information content (AvgIpc) is 2.38. The van der Waals surface area contributed by atoms with E-state index in [1.807, 2.05) is 24.3 Å². The first-order valence-electron chi connectivity index (χ1n) is 5.85. The van der Waals surface area contributed by atoms with Crippen molar-refractivity contribution in [1.29, 1.82) is 0 Å². The molecule has 0 radical (unpaired) electrons. The summed E-state index contributed by atoms with van der Waals surface area (Å²) in [5.74, 6) is -0.611. The minimum absolute atomic E-state index is 0.363. The van der Waals surface area contributed by atoms with Crippen LogP contribution in [0.5, 0.6) is 0 Å². The molecule has 0 bridgehead atoms. The molecular formula is C13H15N3O2. The number of aromatic nitrogens is 2. The SMILES string of the molecule is CC(CCNc1ncc2ccccc2n1)C(=O)O. The van der Waals surface area contributed by atoms with Gasteiger partial charge in [0, 0.05) is 18.1 Å².